The van der Waals surface area contributed by atoms with Gasteiger partial charge in [-0.25, -0.2) is 0 Å². The fraction of sp³-hybridized carbons (Fsp3) is 0. The molecule has 0 amide bonds. The summed E-state index contributed by atoms with van der Waals surface area (Å²) in [6, 6.07) is 22.2. The Morgan fingerprint density at radius 2 is 1.41 bits per heavy atom. The van der Waals surface area contributed by atoms with Gasteiger partial charge in [0.25, 0.3) is 0 Å². The second-order valence-corrected chi connectivity index (χ2v) is 7.15. The Morgan fingerprint density at radius 3 is 2.18 bits per heavy atom. The number of rotatable bonds is 1. The number of halogens is 1. The molecule has 1 aromatic heterocycles. The molecule has 0 N–H and O–H groups in total. The van der Waals surface area contributed by atoms with Crippen LogP contribution in [0.5, 0.6) is 0 Å². The molecule has 0 unspecified atom stereocenters. The minimum Gasteiger partial charge on any atom is -0.289 e. The van der Waals surface area contributed by atoms with Crippen molar-refractivity contribution < 1.29 is 0 Å². The molecule has 0 spiro atoms. The normalized spacial score (nSPS) is 11.1. The van der Waals surface area contributed by atoms with Crippen molar-refractivity contribution >= 4 is 47.4 Å². The van der Waals surface area contributed by atoms with E-state index in [0.29, 0.717) is 0 Å². The lowest BCUT2D eigenvalue weighted by Gasteiger charge is -2.05. The third-order valence-corrected chi connectivity index (χ3v) is 5.38. The molecule has 3 heteroatoms. The average molecular weight is 367 g/mol. The quantitative estimate of drug-likeness (QED) is 0.386. The van der Waals surface area contributed by atoms with Crippen molar-refractivity contribution in [2.24, 2.45) is 0 Å². The molecule has 0 saturated heterocycles. The summed E-state index contributed by atoms with van der Waals surface area (Å²) in [5, 5.41) is 1.56. The van der Waals surface area contributed by atoms with Gasteiger partial charge < -0.3 is 0 Å². The van der Waals surface area contributed by atoms with Crippen molar-refractivity contribution in [1.82, 2.24) is 0 Å². The maximum atomic E-state index is 12.8. The molecule has 22 heavy (non-hydrogen) atoms. The van der Waals surface area contributed by atoms with Gasteiger partial charge in [-0.15, -0.1) is 11.3 Å². The van der Waals surface area contributed by atoms with Gasteiger partial charge >= 0.3 is 0 Å². The summed E-state index contributed by atoms with van der Waals surface area (Å²) in [6.07, 6.45) is 0. The lowest BCUT2D eigenvalue weighted by molar-refractivity contribution is 1.64. The highest BCUT2D eigenvalue weighted by Gasteiger charge is 2.08. The van der Waals surface area contributed by atoms with Crippen LogP contribution < -0.4 is 5.43 Å². The first kappa shape index (κ1) is 13.7. The van der Waals surface area contributed by atoms with Gasteiger partial charge in [0.1, 0.15) is 0 Å². The summed E-state index contributed by atoms with van der Waals surface area (Å²) in [6.45, 7) is 0. The predicted molar refractivity (Wildman–Crippen MR) is 98.7 cm³/mol. The number of fused-ring (bicyclic) bond motifs is 2. The Kier molecular flexibility index (Phi) is 3.32. The van der Waals surface area contributed by atoms with Crippen LogP contribution in [0, 0.1) is 0 Å². The van der Waals surface area contributed by atoms with Crippen LogP contribution >= 0.6 is 27.3 Å². The van der Waals surface area contributed by atoms with E-state index in [4.69, 9.17) is 0 Å². The highest BCUT2D eigenvalue weighted by molar-refractivity contribution is 9.10. The molecule has 0 aliphatic rings. The monoisotopic (exact) mass is 366 g/mol. The first-order valence-electron chi connectivity index (χ1n) is 6.94. The molecule has 0 bridgehead atoms. The van der Waals surface area contributed by atoms with Gasteiger partial charge in [0.05, 0.1) is 0 Å². The fourth-order valence-corrected chi connectivity index (χ4v) is 4.03. The topological polar surface area (TPSA) is 17.1 Å². The average Bonchev–Trinajstić information content (AvgIpc) is 2.56. The number of hydrogen-bond acceptors (Lipinski definition) is 2. The number of benzene rings is 3. The fourth-order valence-electron chi connectivity index (χ4n) is 2.64. The summed E-state index contributed by atoms with van der Waals surface area (Å²) in [5.74, 6) is 0. The summed E-state index contributed by atoms with van der Waals surface area (Å²) < 4.78 is 2.98. The van der Waals surface area contributed by atoms with E-state index in [-0.39, 0.29) is 5.43 Å². The Bertz CT molecular complexity index is 1050. The zero-order chi connectivity index (χ0) is 15.1. The Morgan fingerprint density at radius 1 is 0.727 bits per heavy atom. The van der Waals surface area contributed by atoms with Gasteiger partial charge in [0.15, 0.2) is 5.43 Å². The Hall–Kier alpha value is -1.97. The van der Waals surface area contributed by atoms with E-state index in [0.717, 1.165) is 35.8 Å². The van der Waals surface area contributed by atoms with E-state index < -0.39 is 0 Å². The maximum Gasteiger partial charge on any atom is 0.195 e. The standard InChI is InChI=1S/C19H11BrOS/c20-14-7-9-18-16(11-14)19(21)15-10-13(6-8-17(15)22-18)12-4-2-1-3-5-12/h1-11H. The molecule has 0 saturated carbocycles. The van der Waals surface area contributed by atoms with Crippen molar-refractivity contribution in [2.75, 3.05) is 0 Å². The molecule has 0 aliphatic heterocycles. The van der Waals surface area contributed by atoms with E-state index in [1.807, 2.05) is 48.5 Å². The second-order valence-electron chi connectivity index (χ2n) is 5.15. The van der Waals surface area contributed by atoms with Crippen molar-refractivity contribution in [3.05, 3.63) is 81.4 Å². The lowest BCUT2D eigenvalue weighted by atomic mass is 10.0. The van der Waals surface area contributed by atoms with Crippen LogP contribution in [0.1, 0.15) is 0 Å². The molecule has 0 atom stereocenters. The van der Waals surface area contributed by atoms with E-state index >= 15 is 0 Å². The minimum atomic E-state index is 0.0998. The van der Waals surface area contributed by atoms with Gasteiger partial charge in [-0.05, 0) is 41.5 Å². The summed E-state index contributed by atoms with van der Waals surface area (Å²) in [5.41, 5.74) is 2.30. The summed E-state index contributed by atoms with van der Waals surface area (Å²) in [7, 11) is 0. The van der Waals surface area contributed by atoms with Crippen LogP contribution in [0.3, 0.4) is 0 Å². The molecule has 1 heterocycles. The first-order chi connectivity index (χ1) is 10.7. The molecule has 1 nitrogen and oxygen atoms in total. The van der Waals surface area contributed by atoms with E-state index in [1.54, 1.807) is 11.3 Å². The molecule has 3 aromatic carbocycles. The highest BCUT2D eigenvalue weighted by Crippen LogP contribution is 2.29. The van der Waals surface area contributed by atoms with E-state index in [1.165, 1.54) is 0 Å². The molecule has 4 rings (SSSR count). The van der Waals surface area contributed by atoms with Crippen LogP contribution in [0.15, 0.2) is 76.0 Å². The van der Waals surface area contributed by atoms with Gasteiger partial charge in [-0.2, -0.15) is 0 Å². The summed E-state index contributed by atoms with van der Waals surface area (Å²) >= 11 is 5.10. The predicted octanol–water partition coefficient (Wildman–Crippen LogP) is 5.84. The van der Waals surface area contributed by atoms with Crippen LogP contribution in [0.4, 0.5) is 0 Å². The first-order valence-corrected chi connectivity index (χ1v) is 8.55. The third kappa shape index (κ3) is 2.27. The van der Waals surface area contributed by atoms with Gasteiger partial charge in [0, 0.05) is 24.6 Å². The third-order valence-electron chi connectivity index (χ3n) is 3.74. The number of hydrogen-bond donors (Lipinski definition) is 0. The zero-order valence-electron chi connectivity index (χ0n) is 11.5. The zero-order valence-corrected chi connectivity index (χ0v) is 13.9. The van der Waals surface area contributed by atoms with Crippen molar-refractivity contribution in [1.29, 1.82) is 0 Å². The summed E-state index contributed by atoms with van der Waals surface area (Å²) in [4.78, 5) is 12.8. The van der Waals surface area contributed by atoms with Crippen molar-refractivity contribution in [3.63, 3.8) is 0 Å². The molecular weight excluding hydrogens is 356 g/mol. The van der Waals surface area contributed by atoms with Crippen molar-refractivity contribution in [2.45, 2.75) is 0 Å². The van der Waals surface area contributed by atoms with Crippen LogP contribution in [0.2, 0.25) is 0 Å². The van der Waals surface area contributed by atoms with Crippen LogP contribution in [-0.2, 0) is 0 Å². The highest BCUT2D eigenvalue weighted by atomic mass is 79.9. The minimum absolute atomic E-state index is 0.0998. The Balaban J connectivity index is 2.05. The maximum absolute atomic E-state index is 12.8. The molecule has 106 valence electrons. The molecule has 0 fully saturated rings. The molecule has 4 aromatic rings. The lowest BCUT2D eigenvalue weighted by Crippen LogP contribution is -2.01. The van der Waals surface area contributed by atoms with Gasteiger partial charge in [-0.3, -0.25) is 4.79 Å². The smallest absolute Gasteiger partial charge is 0.195 e. The SMILES string of the molecule is O=c1c2cc(Br)ccc2sc2ccc(-c3ccccc3)cc12. The van der Waals surface area contributed by atoms with Gasteiger partial charge in [0.2, 0.25) is 0 Å². The van der Waals surface area contributed by atoms with Gasteiger partial charge in [-0.1, -0.05) is 52.3 Å². The van der Waals surface area contributed by atoms with Crippen molar-refractivity contribution in [3.8, 4) is 11.1 Å². The van der Waals surface area contributed by atoms with E-state index in [2.05, 4.69) is 34.1 Å². The molecule has 0 aliphatic carbocycles. The Labute approximate surface area is 140 Å². The van der Waals surface area contributed by atoms with Crippen LogP contribution in [0.25, 0.3) is 31.3 Å². The largest absolute Gasteiger partial charge is 0.289 e. The molecular formula is C19H11BrOS. The van der Waals surface area contributed by atoms with E-state index in [9.17, 15) is 4.79 Å². The second kappa shape index (κ2) is 5.34. The molecule has 0 radical (unpaired) electrons. The van der Waals surface area contributed by atoms with Crippen LogP contribution in [-0.4, -0.2) is 0 Å².